The Hall–Kier alpha value is -1.34. The van der Waals surface area contributed by atoms with E-state index in [-0.39, 0.29) is 6.10 Å². The lowest BCUT2D eigenvalue weighted by atomic mass is 10.2. The van der Waals surface area contributed by atoms with Gasteiger partial charge in [-0.2, -0.15) is 0 Å². The van der Waals surface area contributed by atoms with E-state index >= 15 is 0 Å². The van der Waals surface area contributed by atoms with Crippen LogP contribution in [0.1, 0.15) is 12.8 Å². The molecule has 0 saturated carbocycles. The summed E-state index contributed by atoms with van der Waals surface area (Å²) in [5, 5.41) is 19.5. The third kappa shape index (κ3) is 5.08. The maximum atomic E-state index is 10.1. The number of benzene rings is 1. The van der Waals surface area contributed by atoms with Crippen LogP contribution in [0.25, 0.3) is 0 Å². The normalized spacial score (nSPS) is 23.5. The van der Waals surface area contributed by atoms with Gasteiger partial charge in [0.05, 0.1) is 25.4 Å². The van der Waals surface area contributed by atoms with Gasteiger partial charge in [0, 0.05) is 45.0 Å². The van der Waals surface area contributed by atoms with E-state index in [1.165, 1.54) is 0 Å². The fraction of sp³-hybridized carbons (Fsp3) is 0.667. The van der Waals surface area contributed by atoms with Crippen molar-refractivity contribution in [2.45, 2.75) is 25.0 Å². The van der Waals surface area contributed by atoms with Crippen LogP contribution in [-0.2, 0) is 9.47 Å². The van der Waals surface area contributed by atoms with E-state index in [2.05, 4.69) is 9.80 Å². The van der Waals surface area contributed by atoms with Gasteiger partial charge in [0.1, 0.15) is 5.75 Å². The number of β-amino-alcohol motifs (C(OH)–C–C–N with tert-alkyl or cyclic N) is 1. The molecule has 24 heavy (non-hydrogen) atoms. The molecule has 0 radical (unpaired) electrons. The van der Waals surface area contributed by atoms with Gasteiger partial charge in [0.2, 0.25) is 0 Å². The predicted octanol–water partition coefficient (Wildman–Crippen LogP) is 1.07. The number of phenols is 1. The number of hydrogen-bond acceptors (Lipinski definition) is 6. The second-order valence-electron chi connectivity index (χ2n) is 6.63. The summed E-state index contributed by atoms with van der Waals surface area (Å²) in [7, 11) is 0. The number of phenolic OH excluding ortho intramolecular Hbond substituents is 1. The van der Waals surface area contributed by atoms with E-state index in [0.717, 1.165) is 51.3 Å². The first-order valence-electron chi connectivity index (χ1n) is 8.84. The Morgan fingerprint density at radius 2 is 1.92 bits per heavy atom. The van der Waals surface area contributed by atoms with Crippen LogP contribution in [0.2, 0.25) is 0 Å². The maximum Gasteiger partial charge on any atom is 0.115 e. The largest absolute Gasteiger partial charge is 0.508 e. The number of aliphatic hydroxyl groups is 1. The highest BCUT2D eigenvalue weighted by Crippen LogP contribution is 2.20. The third-order valence-corrected chi connectivity index (χ3v) is 4.69. The molecular formula is C18H28N2O4. The SMILES string of the molecule is Oc1ccc(N2CCN(C[C@H](O)COC[C@H]3CCCO3)CC2)cc1. The van der Waals surface area contributed by atoms with Crippen molar-refractivity contribution in [1.82, 2.24) is 4.90 Å². The molecule has 2 heterocycles. The molecule has 0 aromatic heterocycles. The van der Waals surface area contributed by atoms with E-state index in [1.807, 2.05) is 12.1 Å². The smallest absolute Gasteiger partial charge is 0.115 e. The van der Waals surface area contributed by atoms with E-state index < -0.39 is 6.10 Å². The third-order valence-electron chi connectivity index (χ3n) is 4.69. The zero-order valence-electron chi connectivity index (χ0n) is 14.1. The fourth-order valence-electron chi connectivity index (χ4n) is 3.31. The Labute approximate surface area is 143 Å². The molecule has 2 fully saturated rings. The number of hydrogen-bond donors (Lipinski definition) is 2. The van der Waals surface area contributed by atoms with Crippen LogP contribution in [-0.4, -0.2) is 79.9 Å². The van der Waals surface area contributed by atoms with Gasteiger partial charge < -0.3 is 24.6 Å². The second kappa shape index (κ2) is 8.67. The van der Waals surface area contributed by atoms with Gasteiger partial charge in [-0.15, -0.1) is 0 Å². The number of nitrogens with zero attached hydrogens (tertiary/aromatic N) is 2. The maximum absolute atomic E-state index is 10.1. The van der Waals surface area contributed by atoms with Crippen molar-refractivity contribution < 1.29 is 19.7 Å². The topological polar surface area (TPSA) is 65.4 Å². The molecule has 0 bridgehead atoms. The Morgan fingerprint density at radius 1 is 1.17 bits per heavy atom. The van der Waals surface area contributed by atoms with Crippen molar-refractivity contribution in [2.24, 2.45) is 0 Å². The quantitative estimate of drug-likeness (QED) is 0.777. The van der Waals surface area contributed by atoms with E-state index in [9.17, 15) is 10.2 Å². The second-order valence-corrected chi connectivity index (χ2v) is 6.63. The standard InChI is InChI=1S/C18H28N2O4/c21-16-5-3-15(4-6-16)20-9-7-19(8-10-20)12-17(22)13-23-14-18-2-1-11-24-18/h3-6,17-18,21-22H,1-2,7-14H2/t17-,18+/m0/s1. The first kappa shape index (κ1) is 17.5. The number of anilines is 1. The molecule has 134 valence electrons. The van der Waals surface area contributed by atoms with Crippen molar-refractivity contribution in [3.05, 3.63) is 24.3 Å². The summed E-state index contributed by atoms with van der Waals surface area (Å²) >= 11 is 0. The number of piperazine rings is 1. The molecule has 6 heteroatoms. The van der Waals surface area contributed by atoms with Gasteiger partial charge in [0.15, 0.2) is 0 Å². The van der Waals surface area contributed by atoms with Gasteiger partial charge in [-0.25, -0.2) is 0 Å². The first-order chi connectivity index (χ1) is 11.7. The molecule has 0 amide bonds. The molecule has 6 nitrogen and oxygen atoms in total. The van der Waals surface area contributed by atoms with Crippen LogP contribution in [0.15, 0.2) is 24.3 Å². The average molecular weight is 336 g/mol. The van der Waals surface area contributed by atoms with Gasteiger partial charge in [-0.3, -0.25) is 4.90 Å². The molecule has 2 aliphatic heterocycles. The first-order valence-corrected chi connectivity index (χ1v) is 8.84. The molecule has 2 aliphatic rings. The van der Waals surface area contributed by atoms with Crippen molar-refractivity contribution in [3.63, 3.8) is 0 Å². The number of aromatic hydroxyl groups is 1. The Kier molecular flexibility index (Phi) is 6.31. The molecule has 2 N–H and O–H groups in total. The molecule has 3 rings (SSSR count). The van der Waals surface area contributed by atoms with Crippen LogP contribution in [0.5, 0.6) is 5.75 Å². The lowest BCUT2D eigenvalue weighted by Crippen LogP contribution is -2.49. The van der Waals surface area contributed by atoms with Gasteiger partial charge >= 0.3 is 0 Å². The summed E-state index contributed by atoms with van der Waals surface area (Å²) in [6.45, 7) is 6.14. The molecular weight excluding hydrogens is 308 g/mol. The van der Waals surface area contributed by atoms with Gasteiger partial charge in [-0.05, 0) is 37.1 Å². The van der Waals surface area contributed by atoms with Gasteiger partial charge in [0.25, 0.3) is 0 Å². The number of ether oxygens (including phenoxy) is 2. The molecule has 1 aromatic carbocycles. The fourth-order valence-corrected chi connectivity index (χ4v) is 3.31. The van der Waals surface area contributed by atoms with Crippen LogP contribution in [0, 0.1) is 0 Å². The highest BCUT2D eigenvalue weighted by atomic mass is 16.5. The van der Waals surface area contributed by atoms with E-state index in [4.69, 9.17) is 9.47 Å². The molecule has 0 aliphatic carbocycles. The Morgan fingerprint density at radius 3 is 2.58 bits per heavy atom. The summed E-state index contributed by atoms with van der Waals surface area (Å²) in [4.78, 5) is 4.58. The zero-order chi connectivity index (χ0) is 16.8. The van der Waals surface area contributed by atoms with E-state index in [1.54, 1.807) is 12.1 Å². The molecule has 2 atom stereocenters. The van der Waals surface area contributed by atoms with Crippen LogP contribution < -0.4 is 4.90 Å². The molecule has 0 spiro atoms. The van der Waals surface area contributed by atoms with Crippen LogP contribution in [0.4, 0.5) is 5.69 Å². The minimum Gasteiger partial charge on any atom is -0.508 e. The summed E-state index contributed by atoms with van der Waals surface area (Å²) < 4.78 is 11.1. The summed E-state index contributed by atoms with van der Waals surface area (Å²) in [5.74, 6) is 0.295. The molecule has 2 saturated heterocycles. The van der Waals surface area contributed by atoms with Crippen molar-refractivity contribution in [3.8, 4) is 5.75 Å². The predicted molar refractivity (Wildman–Crippen MR) is 92.6 cm³/mol. The molecule has 1 aromatic rings. The highest BCUT2D eigenvalue weighted by molar-refractivity contribution is 5.49. The summed E-state index contributed by atoms with van der Waals surface area (Å²) in [6, 6.07) is 7.32. The Bertz CT molecular complexity index is 482. The van der Waals surface area contributed by atoms with Crippen molar-refractivity contribution in [1.29, 1.82) is 0 Å². The van der Waals surface area contributed by atoms with Crippen molar-refractivity contribution >= 4 is 5.69 Å². The minimum atomic E-state index is -0.452. The summed E-state index contributed by atoms with van der Waals surface area (Å²) in [5.41, 5.74) is 1.13. The Balaban J connectivity index is 1.33. The number of rotatable bonds is 7. The summed E-state index contributed by atoms with van der Waals surface area (Å²) in [6.07, 6.45) is 1.94. The van der Waals surface area contributed by atoms with Gasteiger partial charge in [-0.1, -0.05) is 0 Å². The number of aliphatic hydroxyl groups excluding tert-OH is 1. The molecule has 0 unspecified atom stereocenters. The van der Waals surface area contributed by atoms with Crippen LogP contribution in [0.3, 0.4) is 0 Å². The zero-order valence-corrected chi connectivity index (χ0v) is 14.1. The minimum absolute atomic E-state index is 0.214. The van der Waals surface area contributed by atoms with Crippen LogP contribution >= 0.6 is 0 Å². The monoisotopic (exact) mass is 336 g/mol. The lowest BCUT2D eigenvalue weighted by Gasteiger charge is -2.36. The van der Waals surface area contributed by atoms with Crippen molar-refractivity contribution in [2.75, 3.05) is 57.4 Å². The average Bonchev–Trinajstić information content (AvgIpc) is 3.10. The lowest BCUT2D eigenvalue weighted by molar-refractivity contribution is -0.0254. The highest BCUT2D eigenvalue weighted by Gasteiger charge is 2.20. The van der Waals surface area contributed by atoms with E-state index in [0.29, 0.717) is 25.5 Å².